The van der Waals surface area contributed by atoms with Crippen LogP contribution in [0.3, 0.4) is 0 Å². The van der Waals surface area contributed by atoms with Crippen molar-refractivity contribution in [1.29, 1.82) is 0 Å². The van der Waals surface area contributed by atoms with E-state index in [1.165, 1.54) is 12.2 Å². The van der Waals surface area contributed by atoms with Crippen LogP contribution in [0.25, 0.3) is 0 Å². The molecule has 2 heterocycles. The highest BCUT2D eigenvalue weighted by molar-refractivity contribution is 5.90. The van der Waals surface area contributed by atoms with E-state index < -0.39 is 0 Å². The number of nitrogens with zero attached hydrogens (tertiary/aromatic N) is 2. The molecule has 2 fully saturated rings. The molecule has 0 radical (unpaired) electrons. The van der Waals surface area contributed by atoms with Crippen molar-refractivity contribution < 1.29 is 19.1 Å². The molecule has 0 spiro atoms. The fourth-order valence-electron chi connectivity index (χ4n) is 2.05. The molecule has 2 amide bonds. The molecule has 0 bridgehead atoms. The molecule has 0 aliphatic carbocycles. The van der Waals surface area contributed by atoms with Crippen molar-refractivity contribution in [2.24, 2.45) is 0 Å². The highest BCUT2D eigenvalue weighted by atomic mass is 16.5. The van der Waals surface area contributed by atoms with Crippen molar-refractivity contribution >= 4 is 11.8 Å². The van der Waals surface area contributed by atoms with Gasteiger partial charge in [-0.05, 0) is 0 Å². The monoisotopic (exact) mass is 280 g/mol. The molecule has 6 nitrogen and oxygen atoms in total. The first-order valence-corrected chi connectivity index (χ1v) is 6.85. The third-order valence-electron chi connectivity index (χ3n) is 3.23. The molecule has 0 unspecified atom stereocenters. The number of rotatable bonds is 3. The Morgan fingerprint density at radius 3 is 1.40 bits per heavy atom. The van der Waals surface area contributed by atoms with Crippen molar-refractivity contribution in [2.75, 3.05) is 52.6 Å². The van der Waals surface area contributed by atoms with E-state index in [9.17, 15) is 9.59 Å². The molecule has 2 aliphatic rings. The summed E-state index contributed by atoms with van der Waals surface area (Å²) in [6.45, 7) is 4.85. The van der Waals surface area contributed by atoms with E-state index in [0.29, 0.717) is 52.6 Å². The molecule has 0 aromatic heterocycles. The average molecular weight is 280 g/mol. The molecule has 0 aromatic rings. The van der Waals surface area contributed by atoms with Crippen LogP contribution >= 0.6 is 0 Å². The molecule has 2 rings (SSSR count). The molecule has 0 N–H and O–H groups in total. The predicted molar refractivity (Wildman–Crippen MR) is 73.1 cm³/mol. The fraction of sp³-hybridized carbons (Fsp3) is 0.571. The molecule has 6 heteroatoms. The lowest BCUT2D eigenvalue weighted by Crippen LogP contribution is -2.40. The molecule has 0 aromatic carbocycles. The van der Waals surface area contributed by atoms with E-state index in [1.54, 1.807) is 22.0 Å². The first-order valence-electron chi connectivity index (χ1n) is 6.85. The molecule has 2 saturated heterocycles. The molecular formula is C14H20N2O4. The summed E-state index contributed by atoms with van der Waals surface area (Å²) >= 11 is 0. The minimum absolute atomic E-state index is 0.0447. The van der Waals surface area contributed by atoms with Crippen LogP contribution in [-0.2, 0) is 19.1 Å². The number of allylic oxidation sites excluding steroid dienone is 2. The second kappa shape index (κ2) is 7.81. The zero-order valence-corrected chi connectivity index (χ0v) is 11.5. The van der Waals surface area contributed by atoms with Gasteiger partial charge in [0.25, 0.3) is 0 Å². The van der Waals surface area contributed by atoms with Gasteiger partial charge in [0.2, 0.25) is 11.8 Å². The number of amides is 2. The van der Waals surface area contributed by atoms with E-state index in [4.69, 9.17) is 9.47 Å². The Hall–Kier alpha value is -1.66. The van der Waals surface area contributed by atoms with Gasteiger partial charge < -0.3 is 19.3 Å². The van der Waals surface area contributed by atoms with Gasteiger partial charge in [-0.1, -0.05) is 12.2 Å². The summed E-state index contributed by atoms with van der Waals surface area (Å²) in [5.74, 6) is -0.0893. The number of carbonyl (C=O) groups is 2. The number of morpholine rings is 2. The summed E-state index contributed by atoms with van der Waals surface area (Å²) in [6.07, 6.45) is 6.18. The third-order valence-corrected chi connectivity index (χ3v) is 3.23. The van der Waals surface area contributed by atoms with Gasteiger partial charge in [0.15, 0.2) is 0 Å². The molecule has 0 atom stereocenters. The second-order valence-electron chi connectivity index (χ2n) is 4.59. The SMILES string of the molecule is O=C(/C=C/C=C/C(=O)N1CCOCC1)N1CCOCC1. The standard InChI is InChI=1S/C14H20N2O4/c17-13(15-5-9-19-10-6-15)3-1-2-4-14(18)16-7-11-20-12-8-16/h1-4H,5-12H2/b3-1+,4-2+. The van der Waals surface area contributed by atoms with Gasteiger partial charge in [-0.25, -0.2) is 0 Å². The van der Waals surface area contributed by atoms with Crippen molar-refractivity contribution in [3.63, 3.8) is 0 Å². The Morgan fingerprint density at radius 2 is 1.05 bits per heavy atom. The highest BCUT2D eigenvalue weighted by Gasteiger charge is 2.14. The summed E-state index contributed by atoms with van der Waals surface area (Å²) in [6, 6.07) is 0. The molecule has 20 heavy (non-hydrogen) atoms. The lowest BCUT2D eigenvalue weighted by atomic mass is 10.3. The molecule has 2 aliphatic heterocycles. The molecule has 110 valence electrons. The van der Waals surface area contributed by atoms with Crippen molar-refractivity contribution in [2.45, 2.75) is 0 Å². The quantitative estimate of drug-likeness (QED) is 0.531. The van der Waals surface area contributed by atoms with E-state index >= 15 is 0 Å². The van der Waals surface area contributed by atoms with Crippen LogP contribution in [0, 0.1) is 0 Å². The Balaban J connectivity index is 1.75. The summed E-state index contributed by atoms with van der Waals surface area (Å²) < 4.78 is 10.4. The van der Waals surface area contributed by atoms with Crippen molar-refractivity contribution in [3.8, 4) is 0 Å². The first-order chi connectivity index (χ1) is 9.77. The van der Waals surface area contributed by atoms with Gasteiger partial charge in [-0.2, -0.15) is 0 Å². The highest BCUT2D eigenvalue weighted by Crippen LogP contribution is 2.00. The summed E-state index contributed by atoms with van der Waals surface area (Å²) in [7, 11) is 0. The largest absolute Gasteiger partial charge is 0.378 e. The number of hydrogen-bond donors (Lipinski definition) is 0. The Bertz CT molecular complexity index is 356. The van der Waals surface area contributed by atoms with Crippen LogP contribution < -0.4 is 0 Å². The normalized spacial score (nSPS) is 20.8. The molecule has 0 saturated carbocycles. The minimum atomic E-state index is -0.0447. The van der Waals surface area contributed by atoms with Gasteiger partial charge in [0, 0.05) is 38.3 Å². The van der Waals surface area contributed by atoms with Gasteiger partial charge in [0.1, 0.15) is 0 Å². The summed E-state index contributed by atoms with van der Waals surface area (Å²) in [5.41, 5.74) is 0. The fourth-order valence-corrected chi connectivity index (χ4v) is 2.05. The van der Waals surface area contributed by atoms with Crippen LogP contribution in [0.4, 0.5) is 0 Å². The van der Waals surface area contributed by atoms with Gasteiger partial charge in [-0.15, -0.1) is 0 Å². The Labute approximate surface area is 118 Å². The summed E-state index contributed by atoms with van der Waals surface area (Å²) in [5, 5.41) is 0. The maximum atomic E-state index is 11.8. The van der Waals surface area contributed by atoms with E-state index in [1.807, 2.05) is 0 Å². The topological polar surface area (TPSA) is 59.1 Å². The number of hydrogen-bond acceptors (Lipinski definition) is 4. The maximum absolute atomic E-state index is 11.8. The van der Waals surface area contributed by atoms with E-state index in [2.05, 4.69) is 0 Å². The van der Waals surface area contributed by atoms with Crippen LogP contribution in [-0.4, -0.2) is 74.2 Å². The van der Waals surface area contributed by atoms with Crippen LogP contribution in [0.1, 0.15) is 0 Å². The maximum Gasteiger partial charge on any atom is 0.246 e. The number of ether oxygens (including phenoxy) is 2. The van der Waals surface area contributed by atoms with Gasteiger partial charge >= 0.3 is 0 Å². The Kier molecular flexibility index (Phi) is 5.76. The van der Waals surface area contributed by atoms with Gasteiger partial charge in [0.05, 0.1) is 26.4 Å². The number of carbonyl (C=O) groups excluding carboxylic acids is 2. The second-order valence-corrected chi connectivity index (χ2v) is 4.59. The minimum Gasteiger partial charge on any atom is -0.378 e. The van der Waals surface area contributed by atoms with Crippen LogP contribution in [0.2, 0.25) is 0 Å². The smallest absolute Gasteiger partial charge is 0.246 e. The van der Waals surface area contributed by atoms with Crippen molar-refractivity contribution in [3.05, 3.63) is 24.3 Å². The van der Waals surface area contributed by atoms with Crippen molar-refractivity contribution in [1.82, 2.24) is 9.80 Å². The third kappa shape index (κ3) is 4.47. The van der Waals surface area contributed by atoms with E-state index in [-0.39, 0.29) is 11.8 Å². The van der Waals surface area contributed by atoms with E-state index in [0.717, 1.165) is 0 Å². The van der Waals surface area contributed by atoms with Crippen LogP contribution in [0.5, 0.6) is 0 Å². The summed E-state index contributed by atoms with van der Waals surface area (Å²) in [4.78, 5) is 27.0. The Morgan fingerprint density at radius 1 is 0.700 bits per heavy atom. The molecular weight excluding hydrogens is 260 g/mol. The lowest BCUT2D eigenvalue weighted by Gasteiger charge is -2.25. The zero-order valence-electron chi connectivity index (χ0n) is 11.5. The van der Waals surface area contributed by atoms with Crippen LogP contribution in [0.15, 0.2) is 24.3 Å². The average Bonchev–Trinajstić information content (AvgIpc) is 2.53. The lowest BCUT2D eigenvalue weighted by molar-refractivity contribution is -0.130. The zero-order chi connectivity index (χ0) is 14.2. The predicted octanol–water partition coefficient (Wildman–Crippen LogP) is -0.184. The first kappa shape index (κ1) is 14.7. The van der Waals surface area contributed by atoms with Gasteiger partial charge in [-0.3, -0.25) is 9.59 Å².